The molecule has 0 aliphatic carbocycles. The third kappa shape index (κ3) is 6.74. The lowest BCUT2D eigenvalue weighted by atomic mass is 10.1. The van der Waals surface area contributed by atoms with Crippen LogP contribution >= 0.6 is 0 Å². The number of nitrogens with zero attached hydrogens (tertiary/aromatic N) is 3. The lowest BCUT2D eigenvalue weighted by Crippen LogP contribution is -2.49. The Morgan fingerprint density at radius 1 is 0.811 bits per heavy atom. The number of hydrogen-bond donors (Lipinski definition) is 2. The zero-order chi connectivity index (χ0) is 25.3. The summed E-state index contributed by atoms with van der Waals surface area (Å²) in [6.07, 6.45) is 4.10. The maximum Gasteiger partial charge on any atom is 0.234 e. The van der Waals surface area contributed by atoms with E-state index in [9.17, 15) is 4.79 Å². The Kier molecular flexibility index (Phi) is 8.08. The van der Waals surface area contributed by atoms with E-state index in [-0.39, 0.29) is 5.91 Å². The maximum atomic E-state index is 12.5. The largest absolute Gasteiger partial charge is 0.383 e. The predicted molar refractivity (Wildman–Crippen MR) is 154 cm³/mol. The molecule has 1 aliphatic heterocycles. The third-order valence-corrected chi connectivity index (χ3v) is 6.61. The van der Waals surface area contributed by atoms with Gasteiger partial charge in [0.25, 0.3) is 0 Å². The van der Waals surface area contributed by atoms with E-state index in [1.807, 2.05) is 48.5 Å². The topological polar surface area (TPSA) is 60.5 Å². The summed E-state index contributed by atoms with van der Waals surface area (Å²) in [4.78, 5) is 21.9. The molecule has 1 aliphatic rings. The molecule has 1 aromatic heterocycles. The molecule has 1 fully saturated rings. The molecule has 0 atom stereocenters. The van der Waals surface area contributed by atoms with Gasteiger partial charge in [-0.05, 0) is 35.9 Å². The van der Waals surface area contributed by atoms with Gasteiger partial charge in [0.2, 0.25) is 5.91 Å². The molecular weight excluding hydrogens is 458 g/mol. The molecule has 188 valence electrons. The molecule has 4 aromatic rings. The Morgan fingerprint density at radius 3 is 2.30 bits per heavy atom. The standard InChI is InChI=1S/C31H33N5O/c37-31(24-35-19-21-36(22-20-35)27-11-5-2-6-12-27)33-18-17-32-30-23-26(16-15-25-9-3-1-4-10-25)34-29-14-8-7-13-28(29)30/h1-16,23H,17-22,24H2,(H,32,34)(H,33,37)/b16-15+. The number of carbonyl (C=O) groups excluding carboxylic acids is 1. The number of benzene rings is 3. The molecule has 1 amide bonds. The highest BCUT2D eigenvalue weighted by atomic mass is 16.2. The van der Waals surface area contributed by atoms with E-state index in [1.54, 1.807) is 0 Å². The van der Waals surface area contributed by atoms with E-state index in [4.69, 9.17) is 4.98 Å². The second-order valence-electron chi connectivity index (χ2n) is 9.23. The van der Waals surface area contributed by atoms with Gasteiger partial charge in [-0.3, -0.25) is 9.69 Å². The lowest BCUT2D eigenvalue weighted by Gasteiger charge is -2.35. The number of rotatable bonds is 9. The monoisotopic (exact) mass is 491 g/mol. The Balaban J connectivity index is 1.11. The van der Waals surface area contributed by atoms with Crippen molar-refractivity contribution in [2.45, 2.75) is 0 Å². The Labute approximate surface area is 218 Å². The molecule has 0 saturated carbocycles. The molecule has 2 N–H and O–H groups in total. The zero-order valence-electron chi connectivity index (χ0n) is 21.0. The molecule has 5 rings (SSSR count). The number of para-hydroxylation sites is 2. The van der Waals surface area contributed by atoms with Gasteiger partial charge >= 0.3 is 0 Å². The number of carbonyl (C=O) groups is 1. The van der Waals surface area contributed by atoms with E-state index in [2.05, 4.69) is 75.0 Å². The molecule has 3 aromatic carbocycles. The molecule has 2 heterocycles. The SMILES string of the molecule is O=C(CN1CCN(c2ccccc2)CC1)NCCNc1cc(/C=C/c2ccccc2)nc2ccccc12. The number of hydrogen-bond acceptors (Lipinski definition) is 5. The number of anilines is 2. The fourth-order valence-corrected chi connectivity index (χ4v) is 4.63. The van der Waals surface area contributed by atoms with Crippen molar-refractivity contribution in [1.82, 2.24) is 15.2 Å². The molecule has 6 nitrogen and oxygen atoms in total. The van der Waals surface area contributed by atoms with Crippen molar-refractivity contribution in [1.29, 1.82) is 0 Å². The number of piperazine rings is 1. The summed E-state index contributed by atoms with van der Waals surface area (Å²) in [5.41, 5.74) is 5.24. The van der Waals surface area contributed by atoms with Crippen molar-refractivity contribution in [3.63, 3.8) is 0 Å². The minimum Gasteiger partial charge on any atom is -0.383 e. The summed E-state index contributed by atoms with van der Waals surface area (Å²) in [5.74, 6) is 0.0704. The van der Waals surface area contributed by atoms with Gasteiger partial charge < -0.3 is 15.5 Å². The third-order valence-electron chi connectivity index (χ3n) is 6.61. The normalized spacial score (nSPS) is 14.2. The van der Waals surface area contributed by atoms with Crippen molar-refractivity contribution < 1.29 is 4.79 Å². The fourth-order valence-electron chi connectivity index (χ4n) is 4.63. The van der Waals surface area contributed by atoms with Gasteiger partial charge in [-0.1, -0.05) is 72.8 Å². The second-order valence-corrected chi connectivity index (χ2v) is 9.23. The number of pyridine rings is 1. The van der Waals surface area contributed by atoms with E-state index in [1.165, 1.54) is 5.69 Å². The van der Waals surface area contributed by atoms with Crippen LogP contribution in [0.5, 0.6) is 0 Å². The van der Waals surface area contributed by atoms with Crippen LogP contribution in [0.3, 0.4) is 0 Å². The molecule has 37 heavy (non-hydrogen) atoms. The Hall–Kier alpha value is -4.16. The highest BCUT2D eigenvalue weighted by Crippen LogP contribution is 2.24. The summed E-state index contributed by atoms with van der Waals surface area (Å²) in [6.45, 7) is 5.31. The van der Waals surface area contributed by atoms with Crippen LogP contribution < -0.4 is 15.5 Å². The first-order valence-corrected chi connectivity index (χ1v) is 12.9. The van der Waals surface area contributed by atoms with Crippen molar-refractivity contribution in [3.8, 4) is 0 Å². The van der Waals surface area contributed by atoms with Gasteiger partial charge in [0.05, 0.1) is 17.8 Å². The highest BCUT2D eigenvalue weighted by Gasteiger charge is 2.18. The van der Waals surface area contributed by atoms with Crippen LogP contribution in [-0.4, -0.2) is 61.6 Å². The summed E-state index contributed by atoms with van der Waals surface area (Å²) in [6, 6.07) is 30.9. The van der Waals surface area contributed by atoms with E-state index in [0.717, 1.165) is 54.0 Å². The average molecular weight is 492 g/mol. The van der Waals surface area contributed by atoms with Gasteiger partial charge in [0.1, 0.15) is 0 Å². The van der Waals surface area contributed by atoms with Gasteiger partial charge in [-0.2, -0.15) is 0 Å². The van der Waals surface area contributed by atoms with Crippen LogP contribution in [0.4, 0.5) is 11.4 Å². The van der Waals surface area contributed by atoms with Crippen molar-refractivity contribution in [3.05, 3.63) is 102 Å². The van der Waals surface area contributed by atoms with Crippen molar-refractivity contribution in [2.24, 2.45) is 0 Å². The zero-order valence-corrected chi connectivity index (χ0v) is 21.0. The van der Waals surface area contributed by atoms with E-state index < -0.39 is 0 Å². The molecule has 6 heteroatoms. The Bertz CT molecular complexity index is 1330. The number of fused-ring (bicyclic) bond motifs is 1. The summed E-state index contributed by atoms with van der Waals surface area (Å²) in [7, 11) is 0. The van der Waals surface area contributed by atoms with Gasteiger partial charge in [0, 0.05) is 56.0 Å². The van der Waals surface area contributed by atoms with Crippen LogP contribution in [0.1, 0.15) is 11.3 Å². The summed E-state index contributed by atoms with van der Waals surface area (Å²) < 4.78 is 0. The number of amides is 1. The molecule has 0 spiro atoms. The first-order valence-electron chi connectivity index (χ1n) is 12.9. The highest BCUT2D eigenvalue weighted by molar-refractivity contribution is 5.92. The van der Waals surface area contributed by atoms with E-state index >= 15 is 0 Å². The molecule has 0 unspecified atom stereocenters. The molecule has 0 radical (unpaired) electrons. The molecular formula is C31H33N5O. The summed E-state index contributed by atoms with van der Waals surface area (Å²) >= 11 is 0. The fraction of sp³-hybridized carbons (Fsp3) is 0.226. The molecule has 1 saturated heterocycles. The van der Waals surface area contributed by atoms with E-state index in [0.29, 0.717) is 19.6 Å². The second kappa shape index (κ2) is 12.2. The molecule has 0 bridgehead atoms. The number of aromatic nitrogens is 1. The van der Waals surface area contributed by atoms with Gasteiger partial charge in [-0.25, -0.2) is 4.98 Å². The quantitative estimate of drug-likeness (QED) is 0.331. The van der Waals surface area contributed by atoms with Crippen LogP contribution in [0.2, 0.25) is 0 Å². The summed E-state index contributed by atoms with van der Waals surface area (Å²) in [5, 5.41) is 7.64. The van der Waals surface area contributed by atoms with Crippen LogP contribution in [-0.2, 0) is 4.79 Å². The minimum atomic E-state index is 0.0704. The Morgan fingerprint density at radius 2 is 1.51 bits per heavy atom. The first-order chi connectivity index (χ1) is 18.2. The van der Waals surface area contributed by atoms with Crippen LogP contribution in [0.15, 0.2) is 91.0 Å². The smallest absolute Gasteiger partial charge is 0.234 e. The van der Waals surface area contributed by atoms with Crippen LogP contribution in [0, 0.1) is 0 Å². The maximum absolute atomic E-state index is 12.5. The number of nitrogens with one attached hydrogen (secondary N) is 2. The minimum absolute atomic E-state index is 0.0704. The van der Waals surface area contributed by atoms with Crippen molar-refractivity contribution >= 4 is 40.3 Å². The predicted octanol–water partition coefficient (Wildman–Crippen LogP) is 4.76. The van der Waals surface area contributed by atoms with Gasteiger partial charge in [0.15, 0.2) is 0 Å². The van der Waals surface area contributed by atoms with Gasteiger partial charge in [-0.15, -0.1) is 0 Å². The van der Waals surface area contributed by atoms with Crippen LogP contribution in [0.25, 0.3) is 23.1 Å². The first kappa shape index (κ1) is 24.5. The van der Waals surface area contributed by atoms with Crippen molar-refractivity contribution in [2.75, 3.05) is 56.0 Å². The average Bonchev–Trinajstić information content (AvgIpc) is 2.95. The lowest BCUT2D eigenvalue weighted by molar-refractivity contribution is -0.122.